The monoisotopic (exact) mass is 369 g/mol. The van der Waals surface area contributed by atoms with E-state index in [9.17, 15) is 9.59 Å². The number of amides is 2. The molecule has 0 radical (unpaired) electrons. The maximum absolute atomic E-state index is 12.6. The summed E-state index contributed by atoms with van der Waals surface area (Å²) in [4.78, 5) is 36.3. The molecule has 8 heteroatoms. The van der Waals surface area contributed by atoms with Crippen molar-refractivity contribution in [3.63, 3.8) is 0 Å². The zero-order valence-electron chi connectivity index (χ0n) is 15.2. The Morgan fingerprint density at radius 3 is 3.00 bits per heavy atom. The average Bonchev–Trinajstić information content (AvgIpc) is 3.32. The van der Waals surface area contributed by atoms with Crippen LogP contribution in [0, 0.1) is 0 Å². The number of hydrogen-bond acceptors (Lipinski definition) is 5. The Balaban J connectivity index is 1.42. The minimum atomic E-state index is -0.399. The highest BCUT2D eigenvalue weighted by atomic mass is 16.6. The molecule has 8 nitrogen and oxygen atoms in total. The lowest BCUT2D eigenvalue weighted by molar-refractivity contribution is -0.133. The minimum absolute atomic E-state index is 0.0242. The van der Waals surface area contributed by atoms with Crippen molar-refractivity contribution in [2.75, 3.05) is 32.8 Å². The van der Waals surface area contributed by atoms with Crippen molar-refractivity contribution < 1.29 is 14.3 Å². The number of hydrogen-bond donors (Lipinski definition) is 0. The zero-order valence-corrected chi connectivity index (χ0v) is 15.2. The largest absolute Gasteiger partial charge is 0.448 e. The van der Waals surface area contributed by atoms with E-state index in [1.54, 1.807) is 6.20 Å². The highest BCUT2D eigenvalue weighted by Gasteiger charge is 2.30. The average molecular weight is 369 g/mol. The van der Waals surface area contributed by atoms with E-state index in [1.807, 2.05) is 35.6 Å². The predicted octanol–water partition coefficient (Wildman–Crippen LogP) is 1.48. The second-order valence-electron chi connectivity index (χ2n) is 6.99. The number of rotatable bonds is 5. The topological polar surface area (TPSA) is 80.6 Å². The second kappa shape index (κ2) is 7.77. The van der Waals surface area contributed by atoms with Crippen molar-refractivity contribution >= 4 is 12.0 Å². The summed E-state index contributed by atoms with van der Waals surface area (Å²) < 4.78 is 7.04. The Labute approximate surface area is 157 Å². The maximum Gasteiger partial charge on any atom is 0.410 e. The van der Waals surface area contributed by atoms with Gasteiger partial charge in [0.2, 0.25) is 5.91 Å². The Morgan fingerprint density at radius 1 is 1.30 bits per heavy atom. The van der Waals surface area contributed by atoms with Gasteiger partial charge >= 0.3 is 6.09 Å². The summed E-state index contributed by atoms with van der Waals surface area (Å²) >= 11 is 0. The number of carbonyl (C=O) groups excluding carboxylic acids is 2. The number of imidazole rings is 1. The molecule has 0 aliphatic carbocycles. The molecule has 2 amide bonds. The van der Waals surface area contributed by atoms with Crippen LogP contribution in [-0.2, 0) is 16.1 Å². The first-order valence-electron chi connectivity index (χ1n) is 9.30. The van der Waals surface area contributed by atoms with Gasteiger partial charge in [0.15, 0.2) is 0 Å². The Morgan fingerprint density at radius 2 is 2.22 bits per heavy atom. The van der Waals surface area contributed by atoms with Crippen LogP contribution in [0.3, 0.4) is 0 Å². The SMILES string of the molecule is O=C(CN1CCOC1=O)N1CCC[C@@H](c2nccn2Cc2cccnc2)C1. The van der Waals surface area contributed by atoms with Crippen LogP contribution in [0.1, 0.15) is 30.1 Å². The summed E-state index contributed by atoms with van der Waals surface area (Å²) in [7, 11) is 0. The number of nitrogens with zero attached hydrogens (tertiary/aromatic N) is 5. The minimum Gasteiger partial charge on any atom is -0.448 e. The molecule has 27 heavy (non-hydrogen) atoms. The first-order chi connectivity index (χ1) is 13.2. The van der Waals surface area contributed by atoms with Crippen molar-refractivity contribution in [1.82, 2.24) is 24.3 Å². The number of carbonyl (C=O) groups is 2. The summed E-state index contributed by atoms with van der Waals surface area (Å²) in [6.07, 6.45) is 8.94. The van der Waals surface area contributed by atoms with E-state index in [-0.39, 0.29) is 18.4 Å². The molecular formula is C19H23N5O3. The highest BCUT2D eigenvalue weighted by Crippen LogP contribution is 2.26. The van der Waals surface area contributed by atoms with Gasteiger partial charge in [0.05, 0.1) is 13.1 Å². The zero-order chi connectivity index (χ0) is 18.6. The molecule has 2 aliphatic rings. The van der Waals surface area contributed by atoms with Crippen molar-refractivity contribution in [2.45, 2.75) is 25.3 Å². The fourth-order valence-corrected chi connectivity index (χ4v) is 3.75. The van der Waals surface area contributed by atoms with E-state index in [1.165, 1.54) is 4.90 Å². The molecule has 0 N–H and O–H groups in total. The third kappa shape index (κ3) is 3.94. The molecular weight excluding hydrogens is 346 g/mol. The van der Waals surface area contributed by atoms with Gasteiger partial charge in [-0.1, -0.05) is 6.07 Å². The highest BCUT2D eigenvalue weighted by molar-refractivity contribution is 5.83. The molecule has 1 atom stereocenters. The molecule has 0 saturated carbocycles. The van der Waals surface area contributed by atoms with Gasteiger partial charge < -0.3 is 14.2 Å². The summed E-state index contributed by atoms with van der Waals surface area (Å²) in [5.41, 5.74) is 1.12. The van der Waals surface area contributed by atoms with Gasteiger partial charge in [-0.25, -0.2) is 9.78 Å². The molecule has 2 fully saturated rings. The molecule has 0 spiro atoms. The summed E-state index contributed by atoms with van der Waals surface area (Å²) in [5, 5.41) is 0. The van der Waals surface area contributed by atoms with Gasteiger partial charge in [-0.2, -0.15) is 0 Å². The predicted molar refractivity (Wildman–Crippen MR) is 97.0 cm³/mol. The first kappa shape index (κ1) is 17.5. The fourth-order valence-electron chi connectivity index (χ4n) is 3.75. The van der Waals surface area contributed by atoms with E-state index in [2.05, 4.69) is 14.5 Å². The standard InChI is InChI=1S/C19H23N5O3/c25-17(14-24-9-10-27-19(24)26)22-7-2-4-16(13-22)18-21-6-8-23(18)12-15-3-1-5-20-11-15/h1,3,5-6,8,11,16H,2,4,7,9-10,12-14H2/t16-/m1/s1. The lowest BCUT2D eigenvalue weighted by Gasteiger charge is -2.33. The molecule has 0 aromatic carbocycles. The number of piperidine rings is 1. The van der Waals surface area contributed by atoms with Crippen molar-refractivity contribution in [2.24, 2.45) is 0 Å². The molecule has 2 aromatic heterocycles. The molecule has 2 aromatic rings. The van der Waals surface area contributed by atoms with Crippen LogP contribution in [0.25, 0.3) is 0 Å². The molecule has 0 bridgehead atoms. The smallest absolute Gasteiger partial charge is 0.410 e. The van der Waals surface area contributed by atoms with Gasteiger partial charge in [0.25, 0.3) is 0 Å². The molecule has 2 saturated heterocycles. The lowest BCUT2D eigenvalue weighted by Crippen LogP contribution is -2.45. The molecule has 2 aliphatic heterocycles. The van der Waals surface area contributed by atoms with Crippen LogP contribution in [0.15, 0.2) is 36.9 Å². The Kier molecular flexibility index (Phi) is 5.04. The third-order valence-corrected chi connectivity index (χ3v) is 5.13. The number of aromatic nitrogens is 3. The molecule has 142 valence electrons. The quantitative estimate of drug-likeness (QED) is 0.798. The Bertz CT molecular complexity index is 807. The van der Waals surface area contributed by atoms with Crippen LogP contribution in [0.4, 0.5) is 4.79 Å². The molecule has 0 unspecified atom stereocenters. The number of pyridine rings is 1. The summed E-state index contributed by atoms with van der Waals surface area (Å²) in [6.45, 7) is 3.01. The summed E-state index contributed by atoms with van der Waals surface area (Å²) in [5.74, 6) is 1.17. The fraction of sp³-hybridized carbons (Fsp3) is 0.474. The third-order valence-electron chi connectivity index (χ3n) is 5.13. The maximum atomic E-state index is 12.6. The Hall–Kier alpha value is -2.90. The normalized spacial score (nSPS) is 20.0. The van der Waals surface area contributed by atoms with Crippen LogP contribution < -0.4 is 0 Å². The van der Waals surface area contributed by atoms with E-state index < -0.39 is 6.09 Å². The first-order valence-corrected chi connectivity index (χ1v) is 9.30. The van der Waals surface area contributed by atoms with E-state index >= 15 is 0 Å². The van der Waals surface area contributed by atoms with Crippen LogP contribution in [-0.4, -0.2) is 69.1 Å². The van der Waals surface area contributed by atoms with E-state index in [0.29, 0.717) is 26.2 Å². The second-order valence-corrected chi connectivity index (χ2v) is 6.99. The molecule has 4 heterocycles. The lowest BCUT2D eigenvalue weighted by atomic mass is 9.97. The number of ether oxygens (including phenoxy) is 1. The van der Waals surface area contributed by atoms with Crippen molar-refractivity contribution in [3.8, 4) is 0 Å². The van der Waals surface area contributed by atoms with E-state index in [4.69, 9.17) is 4.74 Å². The van der Waals surface area contributed by atoms with Gasteiger partial charge in [0, 0.05) is 43.8 Å². The van der Waals surface area contributed by atoms with E-state index in [0.717, 1.165) is 30.8 Å². The summed E-state index contributed by atoms with van der Waals surface area (Å²) in [6, 6.07) is 3.97. The van der Waals surface area contributed by atoms with Gasteiger partial charge in [0.1, 0.15) is 19.0 Å². The number of likely N-dealkylation sites (tertiary alicyclic amines) is 1. The van der Waals surface area contributed by atoms with Crippen molar-refractivity contribution in [1.29, 1.82) is 0 Å². The van der Waals surface area contributed by atoms with Crippen molar-refractivity contribution in [3.05, 3.63) is 48.3 Å². The van der Waals surface area contributed by atoms with Crippen LogP contribution in [0.5, 0.6) is 0 Å². The van der Waals surface area contributed by atoms with Crippen LogP contribution in [0.2, 0.25) is 0 Å². The molecule has 4 rings (SSSR count). The van der Waals surface area contributed by atoms with Crippen LogP contribution >= 0.6 is 0 Å². The number of cyclic esters (lactones) is 1. The van der Waals surface area contributed by atoms with Gasteiger partial charge in [-0.3, -0.25) is 14.7 Å². The van der Waals surface area contributed by atoms with Gasteiger partial charge in [-0.15, -0.1) is 0 Å². The van der Waals surface area contributed by atoms with Gasteiger partial charge in [-0.05, 0) is 24.5 Å².